The minimum atomic E-state index is -0.651. The van der Waals surface area contributed by atoms with Crippen LogP contribution in [0.5, 0.6) is 0 Å². The van der Waals surface area contributed by atoms with Crippen molar-refractivity contribution in [3.63, 3.8) is 0 Å². The van der Waals surface area contributed by atoms with Crippen molar-refractivity contribution in [3.8, 4) is 0 Å². The number of hydrogen-bond acceptors (Lipinski definition) is 5. The summed E-state index contributed by atoms with van der Waals surface area (Å²) in [5.41, 5.74) is 5.86. The molecule has 0 aliphatic carbocycles. The normalized spacial score (nSPS) is 11.5. The number of benzene rings is 1. The van der Waals surface area contributed by atoms with Gasteiger partial charge in [-0.05, 0) is 39.3 Å². The molecule has 0 bridgehead atoms. The van der Waals surface area contributed by atoms with Crippen LogP contribution in [-0.2, 0) is 16.1 Å². The van der Waals surface area contributed by atoms with E-state index in [9.17, 15) is 9.59 Å². The topological polar surface area (TPSA) is 73.9 Å². The van der Waals surface area contributed by atoms with E-state index in [0.29, 0.717) is 12.5 Å². The highest BCUT2D eigenvalue weighted by Crippen LogP contribution is 2.08. The molecule has 146 valence electrons. The summed E-state index contributed by atoms with van der Waals surface area (Å²) in [6, 6.07) is 9.50. The lowest BCUT2D eigenvalue weighted by atomic mass is 10.2. The molecule has 1 aromatic carbocycles. The highest BCUT2D eigenvalue weighted by Gasteiger charge is 2.23. The second-order valence-electron chi connectivity index (χ2n) is 7.58. The smallest absolute Gasteiger partial charge is 0.426 e. The molecular formula is C19H32N4O3. The van der Waals surface area contributed by atoms with Gasteiger partial charge < -0.3 is 4.74 Å². The predicted molar refractivity (Wildman–Crippen MR) is 102 cm³/mol. The van der Waals surface area contributed by atoms with E-state index in [-0.39, 0.29) is 19.0 Å². The number of amides is 2. The largest absolute Gasteiger partial charge is 0.443 e. The minimum absolute atomic E-state index is 0.136. The van der Waals surface area contributed by atoms with Gasteiger partial charge in [0.25, 0.3) is 5.91 Å². The predicted octanol–water partition coefficient (Wildman–Crippen LogP) is 2.55. The summed E-state index contributed by atoms with van der Waals surface area (Å²) >= 11 is 0. The van der Waals surface area contributed by atoms with Crippen LogP contribution < -0.4 is 10.9 Å². The SMILES string of the molecule is CNN(CC(=O)N(Cc1ccccc1)NC(=O)OC(C)(C)C)CC(C)C. The maximum atomic E-state index is 12.8. The molecule has 7 nitrogen and oxygen atoms in total. The van der Waals surface area contributed by atoms with Crippen molar-refractivity contribution < 1.29 is 14.3 Å². The average molecular weight is 364 g/mol. The molecule has 0 spiro atoms. The third-order valence-corrected chi connectivity index (χ3v) is 3.34. The van der Waals surface area contributed by atoms with Gasteiger partial charge in [-0.3, -0.25) is 10.2 Å². The van der Waals surface area contributed by atoms with Gasteiger partial charge in [-0.2, -0.15) is 0 Å². The lowest BCUT2D eigenvalue weighted by Crippen LogP contribution is -2.52. The lowest BCUT2D eigenvalue weighted by Gasteiger charge is -2.29. The molecule has 0 fully saturated rings. The minimum Gasteiger partial charge on any atom is -0.443 e. The molecule has 2 amide bonds. The van der Waals surface area contributed by atoms with Crippen LogP contribution in [0.25, 0.3) is 0 Å². The van der Waals surface area contributed by atoms with Crippen LogP contribution in [0.15, 0.2) is 30.3 Å². The zero-order chi connectivity index (χ0) is 19.7. The Hall–Kier alpha value is -2.12. The third-order valence-electron chi connectivity index (χ3n) is 3.34. The van der Waals surface area contributed by atoms with Crippen LogP contribution in [-0.4, -0.2) is 47.8 Å². The van der Waals surface area contributed by atoms with E-state index in [1.807, 2.05) is 35.3 Å². The van der Waals surface area contributed by atoms with Crippen molar-refractivity contribution in [3.05, 3.63) is 35.9 Å². The Morgan fingerprint density at radius 3 is 2.27 bits per heavy atom. The van der Waals surface area contributed by atoms with Crippen molar-refractivity contribution in [2.24, 2.45) is 5.92 Å². The quantitative estimate of drug-likeness (QED) is 0.728. The Labute approximate surface area is 156 Å². The molecule has 0 aliphatic heterocycles. The molecule has 0 radical (unpaired) electrons. The Morgan fingerprint density at radius 1 is 1.15 bits per heavy atom. The number of carbonyl (C=O) groups excluding carboxylic acids is 2. The lowest BCUT2D eigenvalue weighted by molar-refractivity contribution is -0.137. The van der Waals surface area contributed by atoms with E-state index in [2.05, 4.69) is 24.7 Å². The Morgan fingerprint density at radius 2 is 1.77 bits per heavy atom. The first-order valence-electron chi connectivity index (χ1n) is 8.87. The van der Waals surface area contributed by atoms with Gasteiger partial charge in [0.1, 0.15) is 5.60 Å². The zero-order valence-corrected chi connectivity index (χ0v) is 16.7. The fraction of sp³-hybridized carbons (Fsp3) is 0.579. The van der Waals surface area contributed by atoms with E-state index >= 15 is 0 Å². The first-order chi connectivity index (χ1) is 12.1. The summed E-state index contributed by atoms with van der Waals surface area (Å²) in [7, 11) is 1.78. The number of nitrogens with zero attached hydrogens (tertiary/aromatic N) is 2. The summed E-state index contributed by atoms with van der Waals surface area (Å²) in [4.78, 5) is 24.9. The second kappa shape index (κ2) is 10.1. The molecule has 2 N–H and O–H groups in total. The fourth-order valence-electron chi connectivity index (χ4n) is 2.29. The van der Waals surface area contributed by atoms with Gasteiger partial charge in [-0.15, -0.1) is 0 Å². The van der Waals surface area contributed by atoms with Crippen LogP contribution in [0.3, 0.4) is 0 Å². The van der Waals surface area contributed by atoms with Crippen molar-refractivity contribution in [1.29, 1.82) is 0 Å². The summed E-state index contributed by atoms with van der Waals surface area (Å²) in [6.45, 7) is 10.6. The molecule has 0 aromatic heterocycles. The standard InChI is InChI=1S/C19H32N4O3/c1-15(2)12-22(20-6)14-17(24)23(13-16-10-8-7-9-11-16)21-18(25)26-19(3,4)5/h7-11,15,20H,12-14H2,1-6H3,(H,21,25). The molecule has 26 heavy (non-hydrogen) atoms. The van der Waals surface area contributed by atoms with Crippen LogP contribution >= 0.6 is 0 Å². The first kappa shape index (κ1) is 21.9. The zero-order valence-electron chi connectivity index (χ0n) is 16.7. The van der Waals surface area contributed by atoms with Crippen molar-refractivity contribution >= 4 is 12.0 Å². The number of nitrogens with one attached hydrogen (secondary N) is 2. The van der Waals surface area contributed by atoms with Crippen molar-refractivity contribution in [1.82, 2.24) is 20.9 Å². The molecule has 0 aliphatic rings. The monoisotopic (exact) mass is 364 g/mol. The molecule has 1 aromatic rings. The van der Waals surface area contributed by atoms with Gasteiger partial charge in [-0.1, -0.05) is 44.2 Å². The van der Waals surface area contributed by atoms with Gasteiger partial charge in [0, 0.05) is 6.54 Å². The molecule has 7 heteroatoms. The molecule has 0 unspecified atom stereocenters. The average Bonchev–Trinajstić information content (AvgIpc) is 2.52. The van der Waals surface area contributed by atoms with E-state index in [4.69, 9.17) is 4.74 Å². The summed E-state index contributed by atoms with van der Waals surface area (Å²) < 4.78 is 5.28. The molecule has 0 atom stereocenters. The van der Waals surface area contributed by atoms with E-state index < -0.39 is 11.7 Å². The van der Waals surface area contributed by atoms with Gasteiger partial charge in [0.05, 0.1) is 13.1 Å². The first-order valence-corrected chi connectivity index (χ1v) is 8.87. The second-order valence-corrected chi connectivity index (χ2v) is 7.58. The number of ether oxygens (including phenoxy) is 1. The maximum Gasteiger partial charge on any atom is 0.426 e. The molecule has 0 saturated carbocycles. The number of hydrazine groups is 2. The van der Waals surface area contributed by atoms with Gasteiger partial charge >= 0.3 is 6.09 Å². The van der Waals surface area contributed by atoms with E-state index in [0.717, 1.165) is 5.56 Å². The highest BCUT2D eigenvalue weighted by atomic mass is 16.6. The van der Waals surface area contributed by atoms with Crippen LogP contribution in [0, 0.1) is 5.92 Å². The van der Waals surface area contributed by atoms with E-state index in [1.54, 1.807) is 27.8 Å². The Balaban J connectivity index is 2.84. The Bertz CT molecular complexity index is 570. The van der Waals surface area contributed by atoms with Crippen LogP contribution in [0.4, 0.5) is 4.79 Å². The molecule has 0 saturated heterocycles. The Kier molecular flexibility index (Phi) is 8.54. The van der Waals surface area contributed by atoms with Gasteiger partial charge in [0.2, 0.25) is 0 Å². The molecule has 0 heterocycles. The van der Waals surface area contributed by atoms with E-state index in [1.165, 1.54) is 5.01 Å². The number of rotatable bonds is 7. The van der Waals surface area contributed by atoms with Crippen LogP contribution in [0.2, 0.25) is 0 Å². The van der Waals surface area contributed by atoms with Gasteiger partial charge in [0.15, 0.2) is 0 Å². The number of hydrogen-bond donors (Lipinski definition) is 2. The van der Waals surface area contributed by atoms with Crippen LogP contribution in [0.1, 0.15) is 40.2 Å². The molecule has 1 rings (SSSR count). The van der Waals surface area contributed by atoms with Crippen molar-refractivity contribution in [2.45, 2.75) is 46.8 Å². The fourth-order valence-corrected chi connectivity index (χ4v) is 2.29. The highest BCUT2D eigenvalue weighted by molar-refractivity contribution is 5.81. The third kappa shape index (κ3) is 8.82. The summed E-state index contributed by atoms with van der Waals surface area (Å²) in [5, 5.41) is 3.12. The summed E-state index contributed by atoms with van der Waals surface area (Å²) in [5.74, 6) is 0.173. The summed E-state index contributed by atoms with van der Waals surface area (Å²) in [6.07, 6.45) is -0.651. The van der Waals surface area contributed by atoms with Gasteiger partial charge in [-0.25, -0.2) is 20.2 Å². The molecular weight excluding hydrogens is 332 g/mol. The number of carbonyl (C=O) groups is 2. The van der Waals surface area contributed by atoms with Crippen molar-refractivity contribution in [2.75, 3.05) is 20.1 Å². The maximum absolute atomic E-state index is 12.8.